The average molecular weight is 209 g/mol. The lowest BCUT2D eigenvalue weighted by atomic mass is 9.80. The summed E-state index contributed by atoms with van der Waals surface area (Å²) in [5.74, 6) is 0.0214. The number of carbonyl (C=O) groups excluding carboxylic acids is 2. The number of carbonyl (C=O) groups is 2. The van der Waals surface area contributed by atoms with E-state index in [9.17, 15) is 9.59 Å². The van der Waals surface area contributed by atoms with Crippen molar-refractivity contribution in [3.8, 4) is 0 Å². The molecule has 2 rings (SSSR count). The average Bonchev–Trinajstić information content (AvgIpc) is 2.46. The molecule has 1 unspecified atom stereocenters. The highest BCUT2D eigenvalue weighted by Gasteiger charge is 2.36. The molecule has 84 valence electrons. The SMILES string of the molecule is O=C1CCCC(=O)C1C1CCCCCN1. The van der Waals surface area contributed by atoms with Crippen molar-refractivity contribution in [1.29, 1.82) is 0 Å². The minimum absolute atomic E-state index is 0.132. The van der Waals surface area contributed by atoms with Gasteiger partial charge in [0.2, 0.25) is 0 Å². The molecule has 0 aromatic carbocycles. The largest absolute Gasteiger partial charge is 0.313 e. The van der Waals surface area contributed by atoms with Gasteiger partial charge in [0.1, 0.15) is 11.6 Å². The summed E-state index contributed by atoms with van der Waals surface area (Å²) in [7, 11) is 0. The zero-order valence-electron chi connectivity index (χ0n) is 9.13. The first-order valence-corrected chi connectivity index (χ1v) is 6.08. The van der Waals surface area contributed by atoms with E-state index in [-0.39, 0.29) is 23.5 Å². The summed E-state index contributed by atoms with van der Waals surface area (Å²) in [6.07, 6.45) is 6.51. The fourth-order valence-electron chi connectivity index (χ4n) is 2.72. The molecule has 0 bridgehead atoms. The molecule has 3 heteroatoms. The maximum absolute atomic E-state index is 11.8. The number of ketones is 2. The lowest BCUT2D eigenvalue weighted by molar-refractivity contribution is -0.136. The maximum Gasteiger partial charge on any atom is 0.144 e. The summed E-state index contributed by atoms with van der Waals surface area (Å²) in [5, 5.41) is 3.37. The van der Waals surface area contributed by atoms with Crippen LogP contribution in [0.4, 0.5) is 0 Å². The topological polar surface area (TPSA) is 46.2 Å². The summed E-state index contributed by atoms with van der Waals surface area (Å²) < 4.78 is 0. The van der Waals surface area contributed by atoms with Gasteiger partial charge in [-0.2, -0.15) is 0 Å². The maximum atomic E-state index is 11.8. The molecule has 1 atom stereocenters. The number of rotatable bonds is 1. The fourth-order valence-corrected chi connectivity index (χ4v) is 2.72. The Bertz CT molecular complexity index is 238. The van der Waals surface area contributed by atoms with Crippen LogP contribution in [0.1, 0.15) is 44.9 Å². The molecule has 15 heavy (non-hydrogen) atoms. The molecule has 0 aromatic rings. The van der Waals surface area contributed by atoms with Gasteiger partial charge in [0.05, 0.1) is 5.92 Å². The van der Waals surface area contributed by atoms with Crippen LogP contribution in [0.3, 0.4) is 0 Å². The Morgan fingerprint density at radius 2 is 1.67 bits per heavy atom. The van der Waals surface area contributed by atoms with Crippen molar-refractivity contribution in [1.82, 2.24) is 5.32 Å². The Morgan fingerprint density at radius 3 is 2.40 bits per heavy atom. The number of Topliss-reactive ketones (excluding diaryl/α,β-unsaturated/α-hetero) is 2. The van der Waals surface area contributed by atoms with Crippen LogP contribution in [-0.2, 0) is 9.59 Å². The fraction of sp³-hybridized carbons (Fsp3) is 0.833. The Morgan fingerprint density at radius 1 is 0.933 bits per heavy atom. The Balaban J connectivity index is 2.05. The van der Waals surface area contributed by atoms with Gasteiger partial charge in [-0.15, -0.1) is 0 Å². The van der Waals surface area contributed by atoms with E-state index in [1.54, 1.807) is 0 Å². The van der Waals surface area contributed by atoms with Crippen LogP contribution in [-0.4, -0.2) is 24.2 Å². The van der Waals surface area contributed by atoms with E-state index in [0.29, 0.717) is 12.8 Å². The Labute approximate surface area is 90.6 Å². The Kier molecular flexibility index (Phi) is 3.52. The minimum Gasteiger partial charge on any atom is -0.313 e. The van der Waals surface area contributed by atoms with Crippen LogP contribution >= 0.6 is 0 Å². The normalized spacial score (nSPS) is 30.3. The molecule has 1 saturated carbocycles. The number of hydrogen-bond donors (Lipinski definition) is 1. The number of hydrogen-bond acceptors (Lipinski definition) is 3. The quantitative estimate of drug-likeness (QED) is 0.665. The minimum atomic E-state index is -0.322. The molecule has 1 heterocycles. The van der Waals surface area contributed by atoms with Crippen LogP contribution in [0, 0.1) is 5.92 Å². The van der Waals surface area contributed by atoms with Gasteiger partial charge in [0.25, 0.3) is 0 Å². The van der Waals surface area contributed by atoms with E-state index < -0.39 is 0 Å². The van der Waals surface area contributed by atoms with Gasteiger partial charge in [0, 0.05) is 18.9 Å². The lowest BCUT2D eigenvalue weighted by Crippen LogP contribution is -2.45. The zero-order chi connectivity index (χ0) is 10.7. The molecule has 3 nitrogen and oxygen atoms in total. The molecular weight excluding hydrogens is 190 g/mol. The summed E-state index contributed by atoms with van der Waals surface area (Å²) in [6, 6.07) is 0.132. The molecule has 1 N–H and O–H groups in total. The predicted octanol–water partition coefficient (Wildman–Crippen LogP) is 1.46. The highest BCUT2D eigenvalue weighted by atomic mass is 16.2. The van der Waals surface area contributed by atoms with Gasteiger partial charge in [-0.05, 0) is 25.8 Å². The first kappa shape index (κ1) is 10.8. The third-order valence-electron chi connectivity index (χ3n) is 3.54. The molecule has 0 amide bonds. The molecule has 0 aromatic heterocycles. The van der Waals surface area contributed by atoms with Gasteiger partial charge in [-0.1, -0.05) is 12.8 Å². The molecule has 0 radical (unpaired) electrons. The van der Waals surface area contributed by atoms with Crippen LogP contribution in [0.25, 0.3) is 0 Å². The van der Waals surface area contributed by atoms with Crippen molar-refractivity contribution < 1.29 is 9.59 Å². The van der Waals surface area contributed by atoms with E-state index >= 15 is 0 Å². The third-order valence-corrected chi connectivity index (χ3v) is 3.54. The molecule has 1 aliphatic carbocycles. The first-order chi connectivity index (χ1) is 7.29. The van der Waals surface area contributed by atoms with Crippen LogP contribution < -0.4 is 5.32 Å². The van der Waals surface area contributed by atoms with Gasteiger partial charge in [0.15, 0.2) is 0 Å². The highest BCUT2D eigenvalue weighted by molar-refractivity contribution is 6.05. The highest BCUT2D eigenvalue weighted by Crippen LogP contribution is 2.24. The van der Waals surface area contributed by atoms with E-state index in [0.717, 1.165) is 25.8 Å². The predicted molar refractivity (Wildman–Crippen MR) is 57.6 cm³/mol. The summed E-state index contributed by atoms with van der Waals surface area (Å²) in [4.78, 5) is 23.5. The molecule has 2 fully saturated rings. The van der Waals surface area contributed by atoms with E-state index in [1.807, 2.05) is 0 Å². The molecule has 1 saturated heterocycles. The third kappa shape index (κ3) is 2.46. The van der Waals surface area contributed by atoms with Crippen molar-refractivity contribution in [2.45, 2.75) is 51.0 Å². The van der Waals surface area contributed by atoms with E-state index in [4.69, 9.17) is 0 Å². The lowest BCUT2D eigenvalue weighted by Gasteiger charge is -2.27. The van der Waals surface area contributed by atoms with Gasteiger partial charge in [-0.25, -0.2) is 0 Å². The van der Waals surface area contributed by atoms with Gasteiger partial charge < -0.3 is 5.32 Å². The summed E-state index contributed by atoms with van der Waals surface area (Å²) in [5.41, 5.74) is 0. The van der Waals surface area contributed by atoms with Gasteiger partial charge in [-0.3, -0.25) is 9.59 Å². The summed E-state index contributed by atoms with van der Waals surface area (Å²) >= 11 is 0. The molecule has 2 aliphatic rings. The van der Waals surface area contributed by atoms with Crippen molar-refractivity contribution in [3.05, 3.63) is 0 Å². The standard InChI is InChI=1S/C12H19NO2/c14-10-6-4-7-11(15)12(10)9-5-2-1-3-8-13-9/h9,12-13H,1-8H2. The van der Waals surface area contributed by atoms with Crippen molar-refractivity contribution >= 4 is 11.6 Å². The Hall–Kier alpha value is -0.700. The molecule has 1 aliphatic heterocycles. The zero-order valence-corrected chi connectivity index (χ0v) is 9.13. The van der Waals surface area contributed by atoms with Crippen molar-refractivity contribution in [2.24, 2.45) is 5.92 Å². The van der Waals surface area contributed by atoms with Crippen molar-refractivity contribution in [3.63, 3.8) is 0 Å². The van der Waals surface area contributed by atoms with Crippen LogP contribution in [0.2, 0.25) is 0 Å². The first-order valence-electron chi connectivity index (χ1n) is 6.08. The summed E-state index contributed by atoms with van der Waals surface area (Å²) in [6.45, 7) is 0.960. The van der Waals surface area contributed by atoms with Crippen LogP contribution in [0.5, 0.6) is 0 Å². The van der Waals surface area contributed by atoms with Crippen molar-refractivity contribution in [2.75, 3.05) is 6.54 Å². The van der Waals surface area contributed by atoms with Gasteiger partial charge >= 0.3 is 0 Å². The second-order valence-corrected chi connectivity index (χ2v) is 4.67. The second kappa shape index (κ2) is 4.88. The second-order valence-electron chi connectivity index (χ2n) is 4.67. The van der Waals surface area contributed by atoms with E-state index in [2.05, 4.69) is 5.32 Å². The number of nitrogens with one attached hydrogen (secondary N) is 1. The monoisotopic (exact) mass is 209 g/mol. The molecule has 0 spiro atoms. The van der Waals surface area contributed by atoms with E-state index in [1.165, 1.54) is 12.8 Å². The van der Waals surface area contributed by atoms with Crippen LogP contribution in [0.15, 0.2) is 0 Å². The smallest absolute Gasteiger partial charge is 0.144 e. The molecular formula is C12H19NO2.